The fourth-order valence-electron chi connectivity index (χ4n) is 2.10. The summed E-state index contributed by atoms with van der Waals surface area (Å²) in [5.74, 6) is -0.348. The summed E-state index contributed by atoms with van der Waals surface area (Å²) in [4.78, 5) is 28.4. The monoisotopic (exact) mass is 435 g/mol. The van der Waals surface area contributed by atoms with Gasteiger partial charge >= 0.3 is 0 Å². The molecule has 0 saturated heterocycles. The van der Waals surface area contributed by atoms with E-state index in [4.69, 9.17) is 0 Å². The number of hydrogen-bond donors (Lipinski definition) is 2. The second kappa shape index (κ2) is 7.90. The van der Waals surface area contributed by atoms with Crippen molar-refractivity contribution in [2.24, 2.45) is 0 Å². The van der Waals surface area contributed by atoms with E-state index in [1.165, 1.54) is 22.7 Å². The molecule has 0 radical (unpaired) electrons. The van der Waals surface area contributed by atoms with Crippen LogP contribution in [0.3, 0.4) is 0 Å². The number of halogens is 1. The van der Waals surface area contributed by atoms with Gasteiger partial charge in [0.05, 0.1) is 17.7 Å². The number of nitrogens with zero attached hydrogens (tertiary/aromatic N) is 1. The minimum atomic E-state index is -0.197. The Morgan fingerprint density at radius 2 is 2.04 bits per heavy atom. The highest BCUT2D eigenvalue weighted by Crippen LogP contribution is 2.21. The van der Waals surface area contributed by atoms with Crippen molar-refractivity contribution in [3.8, 4) is 0 Å². The van der Waals surface area contributed by atoms with Crippen molar-refractivity contribution in [1.82, 2.24) is 4.98 Å². The SMILES string of the molecule is Cc1cc(NC(=O)Cc2csc(NC(=O)c3ccsc3)n2)ccc1Br. The lowest BCUT2D eigenvalue weighted by atomic mass is 10.2. The molecule has 25 heavy (non-hydrogen) atoms. The third-order valence-corrected chi connectivity index (χ3v) is 5.72. The number of anilines is 2. The van der Waals surface area contributed by atoms with Gasteiger partial charge in [-0.25, -0.2) is 4.98 Å². The molecule has 0 fully saturated rings. The maximum Gasteiger partial charge on any atom is 0.258 e. The van der Waals surface area contributed by atoms with Crippen LogP contribution in [0.1, 0.15) is 21.6 Å². The number of rotatable bonds is 5. The minimum Gasteiger partial charge on any atom is -0.326 e. The van der Waals surface area contributed by atoms with Crippen LogP contribution in [0.4, 0.5) is 10.8 Å². The molecule has 8 heteroatoms. The molecule has 2 amide bonds. The molecule has 2 heterocycles. The highest BCUT2D eigenvalue weighted by Gasteiger charge is 2.12. The molecule has 0 atom stereocenters. The Hall–Kier alpha value is -2.03. The van der Waals surface area contributed by atoms with Crippen molar-refractivity contribution >= 4 is 61.2 Å². The maximum absolute atomic E-state index is 12.2. The van der Waals surface area contributed by atoms with Crippen LogP contribution in [0.15, 0.2) is 44.9 Å². The van der Waals surface area contributed by atoms with Crippen LogP contribution in [0.25, 0.3) is 0 Å². The zero-order valence-electron chi connectivity index (χ0n) is 13.2. The minimum absolute atomic E-state index is 0.150. The van der Waals surface area contributed by atoms with Crippen LogP contribution in [0, 0.1) is 6.92 Å². The average molecular weight is 436 g/mol. The summed E-state index contributed by atoms with van der Waals surface area (Å²) in [6, 6.07) is 7.38. The molecule has 3 rings (SSSR count). The molecule has 0 unspecified atom stereocenters. The smallest absolute Gasteiger partial charge is 0.258 e. The van der Waals surface area contributed by atoms with Crippen molar-refractivity contribution in [2.45, 2.75) is 13.3 Å². The molecule has 0 saturated carbocycles. The van der Waals surface area contributed by atoms with E-state index in [2.05, 4.69) is 31.5 Å². The average Bonchev–Trinajstić information content (AvgIpc) is 3.23. The van der Waals surface area contributed by atoms with E-state index in [0.29, 0.717) is 16.4 Å². The lowest BCUT2D eigenvalue weighted by Crippen LogP contribution is -2.15. The van der Waals surface area contributed by atoms with Crippen LogP contribution in [0.2, 0.25) is 0 Å². The number of nitrogens with one attached hydrogen (secondary N) is 2. The van der Waals surface area contributed by atoms with Gasteiger partial charge in [-0.3, -0.25) is 14.9 Å². The van der Waals surface area contributed by atoms with Gasteiger partial charge in [0.25, 0.3) is 5.91 Å². The first kappa shape index (κ1) is 17.8. The van der Waals surface area contributed by atoms with E-state index in [0.717, 1.165) is 15.7 Å². The topological polar surface area (TPSA) is 71.1 Å². The fraction of sp³-hybridized carbons (Fsp3) is 0.118. The van der Waals surface area contributed by atoms with Gasteiger partial charge in [0, 0.05) is 20.9 Å². The molecule has 0 aliphatic carbocycles. The lowest BCUT2D eigenvalue weighted by Gasteiger charge is -2.06. The Balaban J connectivity index is 1.58. The van der Waals surface area contributed by atoms with E-state index in [1.54, 1.807) is 16.8 Å². The van der Waals surface area contributed by atoms with Crippen molar-refractivity contribution < 1.29 is 9.59 Å². The predicted octanol–water partition coefficient (Wildman–Crippen LogP) is 4.71. The lowest BCUT2D eigenvalue weighted by molar-refractivity contribution is -0.115. The van der Waals surface area contributed by atoms with Gasteiger partial charge in [0.15, 0.2) is 5.13 Å². The number of benzene rings is 1. The summed E-state index contributed by atoms with van der Waals surface area (Å²) >= 11 is 6.19. The highest BCUT2D eigenvalue weighted by molar-refractivity contribution is 9.10. The molecule has 1 aromatic carbocycles. The Labute approximate surface area is 161 Å². The molecule has 2 N–H and O–H groups in total. The zero-order chi connectivity index (χ0) is 17.8. The number of thiazole rings is 1. The van der Waals surface area contributed by atoms with Gasteiger partial charge in [-0.2, -0.15) is 11.3 Å². The standard InChI is InChI=1S/C17H14BrN3O2S2/c1-10-6-12(2-3-14(10)18)19-15(22)7-13-9-25-17(20-13)21-16(23)11-4-5-24-8-11/h2-6,8-9H,7H2,1H3,(H,19,22)(H,20,21,23). The summed E-state index contributed by atoms with van der Waals surface area (Å²) < 4.78 is 0.996. The van der Waals surface area contributed by atoms with E-state index in [1.807, 2.05) is 30.5 Å². The van der Waals surface area contributed by atoms with E-state index >= 15 is 0 Å². The third-order valence-electron chi connectivity index (χ3n) is 3.34. The van der Waals surface area contributed by atoms with Gasteiger partial charge in [-0.15, -0.1) is 11.3 Å². The number of amides is 2. The van der Waals surface area contributed by atoms with Gasteiger partial charge in [-0.1, -0.05) is 15.9 Å². The van der Waals surface area contributed by atoms with Gasteiger partial charge in [0.1, 0.15) is 0 Å². The fourth-order valence-corrected chi connectivity index (χ4v) is 3.69. The number of carbonyl (C=O) groups is 2. The quantitative estimate of drug-likeness (QED) is 0.609. The van der Waals surface area contributed by atoms with Crippen molar-refractivity contribution in [2.75, 3.05) is 10.6 Å². The molecule has 5 nitrogen and oxygen atoms in total. The summed E-state index contributed by atoms with van der Waals surface area (Å²) in [5, 5.41) is 11.5. The van der Waals surface area contributed by atoms with E-state index < -0.39 is 0 Å². The highest BCUT2D eigenvalue weighted by atomic mass is 79.9. The van der Waals surface area contributed by atoms with Crippen LogP contribution >= 0.6 is 38.6 Å². The largest absolute Gasteiger partial charge is 0.326 e. The first-order chi connectivity index (χ1) is 12.0. The van der Waals surface area contributed by atoms with Gasteiger partial charge in [-0.05, 0) is 42.1 Å². The Bertz CT molecular complexity index is 907. The van der Waals surface area contributed by atoms with E-state index in [-0.39, 0.29) is 18.2 Å². The molecule has 0 spiro atoms. The molecular weight excluding hydrogens is 422 g/mol. The number of carbonyl (C=O) groups excluding carboxylic acids is 2. The van der Waals surface area contributed by atoms with Crippen LogP contribution in [-0.2, 0) is 11.2 Å². The second-order valence-corrected chi connectivity index (χ2v) is 7.79. The molecule has 0 bridgehead atoms. The second-order valence-electron chi connectivity index (χ2n) is 5.30. The normalized spacial score (nSPS) is 10.5. The van der Waals surface area contributed by atoms with Crippen molar-refractivity contribution in [3.05, 3.63) is 61.7 Å². The first-order valence-electron chi connectivity index (χ1n) is 7.35. The molecular formula is C17H14BrN3O2S2. The molecule has 0 aliphatic heterocycles. The van der Waals surface area contributed by atoms with Crippen molar-refractivity contribution in [1.29, 1.82) is 0 Å². The van der Waals surface area contributed by atoms with Gasteiger partial charge in [0.2, 0.25) is 5.91 Å². The van der Waals surface area contributed by atoms with Crippen molar-refractivity contribution in [3.63, 3.8) is 0 Å². The third kappa shape index (κ3) is 4.75. The van der Waals surface area contributed by atoms with E-state index in [9.17, 15) is 9.59 Å². The number of aryl methyl sites for hydroxylation is 1. The maximum atomic E-state index is 12.2. The summed E-state index contributed by atoms with van der Waals surface area (Å²) in [5.41, 5.74) is 3.01. The van der Waals surface area contributed by atoms with Gasteiger partial charge < -0.3 is 5.32 Å². The summed E-state index contributed by atoms with van der Waals surface area (Å²) in [6.45, 7) is 1.96. The summed E-state index contributed by atoms with van der Waals surface area (Å²) in [6.07, 6.45) is 0.153. The Morgan fingerprint density at radius 1 is 1.20 bits per heavy atom. The van der Waals surface area contributed by atoms with Crippen LogP contribution < -0.4 is 10.6 Å². The molecule has 128 valence electrons. The number of hydrogen-bond acceptors (Lipinski definition) is 5. The van der Waals surface area contributed by atoms with Crippen LogP contribution in [-0.4, -0.2) is 16.8 Å². The molecule has 0 aliphatic rings. The molecule has 2 aromatic heterocycles. The Kier molecular flexibility index (Phi) is 5.62. The zero-order valence-corrected chi connectivity index (χ0v) is 16.4. The predicted molar refractivity (Wildman–Crippen MR) is 106 cm³/mol. The first-order valence-corrected chi connectivity index (χ1v) is 9.97. The number of aromatic nitrogens is 1. The Morgan fingerprint density at radius 3 is 2.76 bits per heavy atom. The molecule has 3 aromatic rings. The summed E-state index contributed by atoms with van der Waals surface area (Å²) in [7, 11) is 0. The number of thiophene rings is 1. The van der Waals surface area contributed by atoms with Crippen LogP contribution in [0.5, 0.6) is 0 Å².